The van der Waals surface area contributed by atoms with E-state index in [9.17, 15) is 0 Å². The normalized spacial score (nSPS) is 12.8. The van der Waals surface area contributed by atoms with Gasteiger partial charge in [-0.2, -0.15) is 0 Å². The number of furan rings is 1. The highest BCUT2D eigenvalue weighted by atomic mass is 16.5. The zero-order valence-electron chi connectivity index (χ0n) is 11.5. The lowest BCUT2D eigenvalue weighted by molar-refractivity contribution is 0.0656. The van der Waals surface area contributed by atoms with Crippen LogP contribution in [-0.2, 0) is 15.9 Å². The van der Waals surface area contributed by atoms with Crippen LogP contribution in [0.2, 0.25) is 0 Å². The summed E-state index contributed by atoms with van der Waals surface area (Å²) in [7, 11) is 1.69. The minimum atomic E-state index is 0.415. The molecule has 0 saturated heterocycles. The minimum absolute atomic E-state index is 0.415. The van der Waals surface area contributed by atoms with E-state index < -0.39 is 0 Å². The first kappa shape index (κ1) is 15.2. The zero-order valence-corrected chi connectivity index (χ0v) is 11.5. The van der Waals surface area contributed by atoms with E-state index in [2.05, 4.69) is 12.2 Å². The van der Waals surface area contributed by atoms with Gasteiger partial charge in [0.15, 0.2) is 0 Å². The largest absolute Gasteiger partial charge is 0.469 e. The van der Waals surface area contributed by atoms with E-state index in [4.69, 9.17) is 13.9 Å². The molecule has 1 N–H and O–H groups in total. The molecule has 1 heterocycles. The van der Waals surface area contributed by atoms with Crippen molar-refractivity contribution in [2.75, 3.05) is 33.5 Å². The monoisotopic (exact) mass is 255 g/mol. The SMILES string of the molecule is CCCNC(CCOCCOC)Cc1ccco1. The highest BCUT2D eigenvalue weighted by Crippen LogP contribution is 2.07. The molecule has 0 radical (unpaired) electrons. The molecule has 0 saturated carbocycles. The van der Waals surface area contributed by atoms with Crippen molar-refractivity contribution in [3.8, 4) is 0 Å². The molecule has 104 valence electrons. The first-order valence-corrected chi connectivity index (χ1v) is 6.69. The lowest BCUT2D eigenvalue weighted by Gasteiger charge is -2.17. The van der Waals surface area contributed by atoms with Gasteiger partial charge in [-0.1, -0.05) is 6.92 Å². The van der Waals surface area contributed by atoms with Crippen LogP contribution in [0.3, 0.4) is 0 Å². The highest BCUT2D eigenvalue weighted by Gasteiger charge is 2.10. The first-order chi connectivity index (χ1) is 8.86. The lowest BCUT2D eigenvalue weighted by Crippen LogP contribution is -2.33. The fourth-order valence-corrected chi connectivity index (χ4v) is 1.77. The second-order valence-electron chi connectivity index (χ2n) is 4.33. The number of rotatable bonds is 11. The van der Waals surface area contributed by atoms with E-state index in [-0.39, 0.29) is 0 Å². The summed E-state index contributed by atoms with van der Waals surface area (Å²) in [6.07, 6.45) is 4.77. The molecule has 4 heteroatoms. The summed E-state index contributed by atoms with van der Waals surface area (Å²) < 4.78 is 15.8. The van der Waals surface area contributed by atoms with E-state index in [1.807, 2.05) is 12.1 Å². The minimum Gasteiger partial charge on any atom is -0.469 e. The summed E-state index contributed by atoms with van der Waals surface area (Å²) in [5.74, 6) is 1.03. The van der Waals surface area contributed by atoms with Gasteiger partial charge in [0.25, 0.3) is 0 Å². The fraction of sp³-hybridized carbons (Fsp3) is 0.714. The van der Waals surface area contributed by atoms with Crippen LogP contribution in [0.25, 0.3) is 0 Å². The number of methoxy groups -OCH3 is 1. The van der Waals surface area contributed by atoms with Gasteiger partial charge in [-0.15, -0.1) is 0 Å². The molecule has 1 aromatic rings. The Balaban J connectivity index is 2.22. The average molecular weight is 255 g/mol. The van der Waals surface area contributed by atoms with Gasteiger partial charge in [0, 0.05) is 26.2 Å². The molecule has 0 spiro atoms. The summed E-state index contributed by atoms with van der Waals surface area (Å²) in [6, 6.07) is 4.37. The predicted octanol–water partition coefficient (Wildman–Crippen LogP) is 2.24. The van der Waals surface area contributed by atoms with E-state index in [0.717, 1.165) is 38.2 Å². The maximum Gasteiger partial charge on any atom is 0.105 e. The lowest BCUT2D eigenvalue weighted by atomic mass is 10.1. The molecule has 18 heavy (non-hydrogen) atoms. The standard InChI is InChI=1S/C14H25NO3/c1-3-7-15-13(6-9-17-11-10-16-2)12-14-5-4-8-18-14/h4-5,8,13,15H,3,6-7,9-12H2,1-2H3. The van der Waals surface area contributed by atoms with Crippen molar-refractivity contribution < 1.29 is 13.9 Å². The van der Waals surface area contributed by atoms with E-state index in [1.165, 1.54) is 0 Å². The van der Waals surface area contributed by atoms with Crippen LogP contribution in [0.1, 0.15) is 25.5 Å². The predicted molar refractivity (Wildman–Crippen MR) is 71.8 cm³/mol. The molecule has 1 atom stereocenters. The molecule has 0 fully saturated rings. The van der Waals surface area contributed by atoms with Crippen LogP contribution in [0, 0.1) is 0 Å². The van der Waals surface area contributed by atoms with Crippen LogP contribution >= 0.6 is 0 Å². The molecule has 1 rings (SSSR count). The second kappa shape index (κ2) is 10.1. The molecule has 0 aliphatic heterocycles. The third-order valence-corrected chi connectivity index (χ3v) is 2.75. The molecular weight excluding hydrogens is 230 g/mol. The van der Waals surface area contributed by atoms with Crippen molar-refractivity contribution in [3.05, 3.63) is 24.2 Å². The third kappa shape index (κ3) is 6.79. The van der Waals surface area contributed by atoms with E-state index in [0.29, 0.717) is 19.3 Å². The first-order valence-electron chi connectivity index (χ1n) is 6.69. The molecule has 0 amide bonds. The maximum absolute atomic E-state index is 5.51. The van der Waals surface area contributed by atoms with Crippen LogP contribution < -0.4 is 5.32 Å². The average Bonchev–Trinajstić information content (AvgIpc) is 2.88. The summed E-state index contributed by atoms with van der Waals surface area (Å²) in [5, 5.41) is 3.53. The van der Waals surface area contributed by atoms with Crippen molar-refractivity contribution in [2.45, 2.75) is 32.2 Å². The number of nitrogens with one attached hydrogen (secondary N) is 1. The Labute approximate surface area is 110 Å². The Morgan fingerprint density at radius 3 is 2.89 bits per heavy atom. The van der Waals surface area contributed by atoms with Gasteiger partial charge in [-0.3, -0.25) is 0 Å². The molecule has 0 aliphatic carbocycles. The van der Waals surface area contributed by atoms with Crippen LogP contribution in [0.15, 0.2) is 22.8 Å². The van der Waals surface area contributed by atoms with Crippen LogP contribution in [0.5, 0.6) is 0 Å². The van der Waals surface area contributed by atoms with Crippen molar-refractivity contribution in [1.29, 1.82) is 0 Å². The third-order valence-electron chi connectivity index (χ3n) is 2.75. The number of ether oxygens (including phenoxy) is 2. The number of hydrogen-bond acceptors (Lipinski definition) is 4. The van der Waals surface area contributed by atoms with Gasteiger partial charge in [0.2, 0.25) is 0 Å². The molecule has 1 unspecified atom stereocenters. The molecule has 0 aromatic carbocycles. The summed E-state index contributed by atoms with van der Waals surface area (Å²) in [5.41, 5.74) is 0. The Hall–Kier alpha value is -0.840. The smallest absolute Gasteiger partial charge is 0.105 e. The van der Waals surface area contributed by atoms with Crippen LogP contribution in [0.4, 0.5) is 0 Å². The van der Waals surface area contributed by atoms with E-state index in [1.54, 1.807) is 13.4 Å². The molecule has 4 nitrogen and oxygen atoms in total. The fourth-order valence-electron chi connectivity index (χ4n) is 1.77. The van der Waals surface area contributed by atoms with Gasteiger partial charge < -0.3 is 19.2 Å². The van der Waals surface area contributed by atoms with E-state index >= 15 is 0 Å². The Morgan fingerprint density at radius 1 is 1.33 bits per heavy atom. The van der Waals surface area contributed by atoms with Crippen molar-refractivity contribution in [2.24, 2.45) is 0 Å². The van der Waals surface area contributed by atoms with Crippen molar-refractivity contribution >= 4 is 0 Å². The van der Waals surface area contributed by atoms with Gasteiger partial charge in [0.1, 0.15) is 5.76 Å². The van der Waals surface area contributed by atoms with Gasteiger partial charge in [-0.05, 0) is 31.5 Å². The van der Waals surface area contributed by atoms with Gasteiger partial charge in [0.05, 0.1) is 19.5 Å². The van der Waals surface area contributed by atoms with Gasteiger partial charge in [-0.25, -0.2) is 0 Å². The quantitative estimate of drug-likeness (QED) is 0.616. The summed E-state index contributed by atoms with van der Waals surface area (Å²) >= 11 is 0. The zero-order chi connectivity index (χ0) is 13.1. The second-order valence-corrected chi connectivity index (χ2v) is 4.33. The molecular formula is C14H25NO3. The topological polar surface area (TPSA) is 43.6 Å². The summed E-state index contributed by atoms with van der Waals surface area (Å²) in [6.45, 7) is 5.28. The molecule has 0 aliphatic rings. The van der Waals surface area contributed by atoms with Crippen LogP contribution in [-0.4, -0.2) is 39.5 Å². The maximum atomic E-state index is 5.51. The van der Waals surface area contributed by atoms with Gasteiger partial charge >= 0.3 is 0 Å². The van der Waals surface area contributed by atoms with Crippen molar-refractivity contribution in [3.63, 3.8) is 0 Å². The highest BCUT2D eigenvalue weighted by molar-refractivity contribution is 5.00. The molecule has 0 bridgehead atoms. The Morgan fingerprint density at radius 2 is 2.22 bits per heavy atom. The Bertz CT molecular complexity index is 275. The number of hydrogen-bond donors (Lipinski definition) is 1. The van der Waals surface area contributed by atoms with Crippen molar-refractivity contribution in [1.82, 2.24) is 5.32 Å². The molecule has 1 aromatic heterocycles. The summed E-state index contributed by atoms with van der Waals surface area (Å²) in [4.78, 5) is 0. The Kier molecular flexibility index (Phi) is 8.55.